The van der Waals surface area contributed by atoms with Crippen molar-refractivity contribution in [1.82, 2.24) is 20.6 Å². The molecule has 0 atom stereocenters. The Hall–Kier alpha value is -2.67. The summed E-state index contributed by atoms with van der Waals surface area (Å²) in [6.45, 7) is 0.318. The van der Waals surface area contributed by atoms with Crippen LogP contribution in [0.5, 0.6) is 0 Å². The molecule has 25 heavy (non-hydrogen) atoms. The third-order valence-corrected chi connectivity index (χ3v) is 4.24. The van der Waals surface area contributed by atoms with E-state index in [1.54, 1.807) is 12.1 Å². The molecule has 8 heteroatoms. The second-order valence-corrected chi connectivity index (χ2v) is 6.53. The number of nitrogens with zero attached hydrogens (tertiary/aromatic N) is 1. The van der Waals surface area contributed by atoms with Gasteiger partial charge in [0.25, 0.3) is 5.91 Å². The highest BCUT2D eigenvalue weighted by Gasteiger charge is 2.44. The van der Waals surface area contributed by atoms with Crippen molar-refractivity contribution in [3.63, 3.8) is 0 Å². The monoisotopic (exact) mass is 360 g/mol. The molecule has 0 bridgehead atoms. The minimum atomic E-state index is -0.416. The van der Waals surface area contributed by atoms with Crippen molar-refractivity contribution < 1.29 is 9.59 Å². The number of hydrogen-bond acceptors (Lipinski definition) is 4. The Morgan fingerprint density at radius 2 is 2.08 bits per heavy atom. The van der Waals surface area contributed by atoms with Gasteiger partial charge >= 0.3 is 0 Å². The molecule has 0 saturated heterocycles. The van der Waals surface area contributed by atoms with Gasteiger partial charge in [-0.1, -0.05) is 11.6 Å². The molecule has 0 aromatic carbocycles. The third kappa shape index (κ3) is 4.67. The summed E-state index contributed by atoms with van der Waals surface area (Å²) in [5.41, 5.74) is 0.166. The zero-order chi connectivity index (χ0) is 17.9. The Morgan fingerprint density at radius 3 is 2.72 bits per heavy atom. The lowest BCUT2D eigenvalue weighted by Crippen LogP contribution is -2.46. The fourth-order valence-electron chi connectivity index (χ4n) is 2.45. The summed E-state index contributed by atoms with van der Waals surface area (Å²) in [4.78, 5) is 42.0. The Morgan fingerprint density at radius 1 is 1.28 bits per heavy atom. The Kier molecular flexibility index (Phi) is 4.85. The van der Waals surface area contributed by atoms with Gasteiger partial charge < -0.3 is 15.6 Å². The molecule has 2 amide bonds. The molecule has 1 fully saturated rings. The van der Waals surface area contributed by atoms with Crippen LogP contribution in [-0.2, 0) is 11.2 Å². The van der Waals surface area contributed by atoms with E-state index in [0.29, 0.717) is 17.3 Å². The topological polar surface area (TPSA) is 104 Å². The first-order valence-electron chi connectivity index (χ1n) is 7.84. The maximum atomic E-state index is 12.2. The predicted octanol–water partition coefficient (Wildman–Crippen LogP) is 1.04. The lowest BCUT2D eigenvalue weighted by Gasteiger charge is -2.18. The van der Waals surface area contributed by atoms with Crippen LogP contribution in [0, 0.1) is 0 Å². The van der Waals surface area contributed by atoms with Gasteiger partial charge in [-0.25, -0.2) is 0 Å². The van der Waals surface area contributed by atoms with Gasteiger partial charge in [-0.15, -0.1) is 0 Å². The fraction of sp³-hybridized carbons (Fsp3) is 0.294. The van der Waals surface area contributed by atoms with E-state index in [1.807, 2.05) is 0 Å². The fourth-order valence-corrected chi connectivity index (χ4v) is 2.56. The van der Waals surface area contributed by atoms with Crippen molar-refractivity contribution in [3.8, 4) is 0 Å². The second kappa shape index (κ2) is 7.06. The van der Waals surface area contributed by atoms with Gasteiger partial charge in [-0.3, -0.25) is 19.4 Å². The highest BCUT2D eigenvalue weighted by Crippen LogP contribution is 2.34. The first-order chi connectivity index (χ1) is 12.0. The number of rotatable bonds is 6. The molecule has 3 N–H and O–H groups in total. The van der Waals surface area contributed by atoms with Crippen molar-refractivity contribution in [2.75, 3.05) is 6.54 Å². The standard InChI is InChI=1S/C17H17ClN4O3/c18-12-1-2-13(20-9-12)8-15(24)22-17(4-5-17)10-21-16(25)11-3-6-19-14(23)7-11/h1-3,6-7,9H,4-5,8,10H2,(H,19,23)(H,21,25)(H,22,24). The molecule has 1 aliphatic carbocycles. The van der Waals surface area contributed by atoms with E-state index in [0.717, 1.165) is 12.8 Å². The van der Waals surface area contributed by atoms with Crippen LogP contribution in [0.15, 0.2) is 41.5 Å². The van der Waals surface area contributed by atoms with E-state index >= 15 is 0 Å². The Balaban J connectivity index is 1.52. The molecule has 2 heterocycles. The van der Waals surface area contributed by atoms with Crippen LogP contribution in [-0.4, -0.2) is 33.9 Å². The van der Waals surface area contributed by atoms with Crippen LogP contribution in [0.2, 0.25) is 5.02 Å². The smallest absolute Gasteiger partial charge is 0.251 e. The Bertz CT molecular complexity index is 843. The van der Waals surface area contributed by atoms with E-state index in [4.69, 9.17) is 11.6 Å². The largest absolute Gasteiger partial charge is 0.350 e. The lowest BCUT2D eigenvalue weighted by molar-refractivity contribution is -0.121. The molecular formula is C17H17ClN4O3. The van der Waals surface area contributed by atoms with E-state index in [2.05, 4.69) is 20.6 Å². The van der Waals surface area contributed by atoms with Crippen molar-refractivity contribution in [2.45, 2.75) is 24.8 Å². The normalized spacial score (nSPS) is 14.6. The SMILES string of the molecule is O=C(Cc1ccc(Cl)cn1)NC1(CNC(=O)c2cc[nH]c(=O)c2)CC1. The zero-order valence-electron chi connectivity index (χ0n) is 13.3. The highest BCUT2D eigenvalue weighted by atomic mass is 35.5. The summed E-state index contributed by atoms with van der Waals surface area (Å²) in [5, 5.41) is 6.24. The number of carbonyl (C=O) groups is 2. The first-order valence-corrected chi connectivity index (χ1v) is 8.22. The lowest BCUT2D eigenvalue weighted by atomic mass is 10.2. The van der Waals surface area contributed by atoms with Gasteiger partial charge in [0.15, 0.2) is 0 Å². The quantitative estimate of drug-likeness (QED) is 0.716. The summed E-state index contributed by atoms with van der Waals surface area (Å²) in [6, 6.07) is 6.16. The summed E-state index contributed by atoms with van der Waals surface area (Å²) >= 11 is 5.77. The van der Waals surface area contributed by atoms with E-state index in [1.165, 1.54) is 24.5 Å². The molecule has 1 aliphatic rings. The number of nitrogens with one attached hydrogen (secondary N) is 3. The molecule has 2 aromatic rings. The number of aromatic nitrogens is 2. The van der Waals surface area contributed by atoms with Crippen molar-refractivity contribution in [3.05, 3.63) is 63.3 Å². The van der Waals surface area contributed by atoms with Gasteiger partial charge in [0, 0.05) is 36.3 Å². The van der Waals surface area contributed by atoms with Crippen LogP contribution in [0.1, 0.15) is 28.9 Å². The first kappa shape index (κ1) is 17.2. The number of aromatic amines is 1. The maximum absolute atomic E-state index is 12.2. The minimum absolute atomic E-state index is 0.154. The average molecular weight is 361 g/mol. The van der Waals surface area contributed by atoms with Crippen LogP contribution in [0.25, 0.3) is 0 Å². The van der Waals surface area contributed by atoms with E-state index in [9.17, 15) is 14.4 Å². The summed E-state index contributed by atoms with van der Waals surface area (Å²) in [6.07, 6.45) is 4.66. The molecule has 7 nitrogen and oxygen atoms in total. The average Bonchev–Trinajstić information content (AvgIpc) is 3.34. The second-order valence-electron chi connectivity index (χ2n) is 6.10. The number of hydrogen-bond donors (Lipinski definition) is 3. The molecule has 3 rings (SSSR count). The third-order valence-electron chi connectivity index (χ3n) is 4.01. The maximum Gasteiger partial charge on any atom is 0.251 e. The number of pyridine rings is 2. The molecule has 1 saturated carbocycles. The van der Waals surface area contributed by atoms with Crippen molar-refractivity contribution in [1.29, 1.82) is 0 Å². The number of carbonyl (C=O) groups excluding carboxylic acids is 2. The van der Waals surface area contributed by atoms with E-state index in [-0.39, 0.29) is 29.4 Å². The highest BCUT2D eigenvalue weighted by molar-refractivity contribution is 6.30. The summed E-state index contributed by atoms with van der Waals surface area (Å²) < 4.78 is 0. The molecule has 0 spiro atoms. The molecule has 130 valence electrons. The van der Waals surface area contributed by atoms with Gasteiger partial charge in [0.1, 0.15) is 0 Å². The zero-order valence-corrected chi connectivity index (χ0v) is 14.1. The molecule has 0 aliphatic heterocycles. The van der Waals surface area contributed by atoms with Crippen LogP contribution >= 0.6 is 11.6 Å². The predicted molar refractivity (Wildman–Crippen MR) is 92.5 cm³/mol. The minimum Gasteiger partial charge on any atom is -0.350 e. The van der Waals surface area contributed by atoms with Gasteiger partial charge in [-0.05, 0) is 31.0 Å². The van der Waals surface area contributed by atoms with Crippen LogP contribution in [0.3, 0.4) is 0 Å². The van der Waals surface area contributed by atoms with Crippen LogP contribution < -0.4 is 16.2 Å². The number of amides is 2. The summed E-state index contributed by atoms with van der Waals surface area (Å²) in [7, 11) is 0. The van der Waals surface area contributed by atoms with E-state index < -0.39 is 5.54 Å². The molecule has 0 unspecified atom stereocenters. The van der Waals surface area contributed by atoms with Gasteiger partial charge in [0.2, 0.25) is 11.5 Å². The molecule has 2 aromatic heterocycles. The molecular weight excluding hydrogens is 344 g/mol. The van der Waals surface area contributed by atoms with Gasteiger partial charge in [-0.2, -0.15) is 0 Å². The van der Waals surface area contributed by atoms with Crippen molar-refractivity contribution in [2.24, 2.45) is 0 Å². The van der Waals surface area contributed by atoms with Gasteiger partial charge in [0.05, 0.1) is 17.0 Å². The van der Waals surface area contributed by atoms with Crippen LogP contribution in [0.4, 0.5) is 0 Å². The molecule has 0 radical (unpaired) electrons. The summed E-state index contributed by atoms with van der Waals surface area (Å²) in [5.74, 6) is -0.497. The Labute approximate surface area is 148 Å². The number of halogens is 1. The number of H-pyrrole nitrogens is 1. The van der Waals surface area contributed by atoms with Crippen molar-refractivity contribution >= 4 is 23.4 Å².